The fourth-order valence-electron chi connectivity index (χ4n) is 2.54. The number of anilines is 1. The Kier molecular flexibility index (Phi) is 7.35. The van der Waals surface area contributed by atoms with Crippen molar-refractivity contribution >= 4 is 28.7 Å². The van der Waals surface area contributed by atoms with Crippen molar-refractivity contribution in [3.63, 3.8) is 0 Å². The molecule has 1 heterocycles. The number of nitrogens with one attached hydrogen (secondary N) is 1. The number of carbonyl (C=O) groups is 1. The molecule has 0 spiro atoms. The molecule has 0 amide bonds. The third-order valence-corrected chi connectivity index (χ3v) is 5.01. The van der Waals surface area contributed by atoms with Crippen molar-refractivity contribution in [1.29, 1.82) is 0 Å². The number of ether oxygens (including phenoxy) is 2. The molecule has 0 bridgehead atoms. The molecule has 0 aliphatic rings. The molecule has 7 heteroatoms. The fraction of sp³-hybridized carbons (Fsp3) is 0.227. The van der Waals surface area contributed by atoms with Gasteiger partial charge in [-0.25, -0.2) is 9.78 Å². The summed E-state index contributed by atoms with van der Waals surface area (Å²) in [7, 11) is 1.36. The lowest BCUT2D eigenvalue weighted by atomic mass is 10.1. The maximum Gasteiger partial charge on any atom is 0.350 e. The molecule has 6 nitrogen and oxygen atoms in total. The second kappa shape index (κ2) is 10.4. The van der Waals surface area contributed by atoms with Gasteiger partial charge in [0.05, 0.1) is 25.6 Å². The van der Waals surface area contributed by atoms with Crippen LogP contribution in [0.1, 0.15) is 35.0 Å². The van der Waals surface area contributed by atoms with Crippen LogP contribution in [0.25, 0.3) is 11.3 Å². The number of hydrazone groups is 1. The SMILES string of the molecule is CCCCOc1ccc(/C=N\Nc2nc(-c3ccccc3)c(C(=O)OC)s2)cc1. The third kappa shape index (κ3) is 5.65. The first-order valence-corrected chi connectivity index (χ1v) is 10.2. The minimum absolute atomic E-state index is 0.419. The van der Waals surface area contributed by atoms with Gasteiger partial charge in [0, 0.05) is 5.56 Å². The summed E-state index contributed by atoms with van der Waals surface area (Å²) in [5.74, 6) is 0.427. The van der Waals surface area contributed by atoms with Crippen molar-refractivity contribution < 1.29 is 14.3 Å². The zero-order valence-electron chi connectivity index (χ0n) is 16.4. The zero-order chi connectivity index (χ0) is 20.5. The first-order chi connectivity index (χ1) is 14.2. The molecule has 0 radical (unpaired) electrons. The van der Waals surface area contributed by atoms with E-state index in [1.54, 1.807) is 6.21 Å². The smallest absolute Gasteiger partial charge is 0.350 e. The second-order valence-corrected chi connectivity index (χ2v) is 7.19. The van der Waals surface area contributed by atoms with Gasteiger partial charge in [0.1, 0.15) is 10.6 Å². The van der Waals surface area contributed by atoms with E-state index in [-0.39, 0.29) is 0 Å². The molecule has 0 aliphatic heterocycles. The normalized spacial score (nSPS) is 10.8. The predicted molar refractivity (Wildman–Crippen MR) is 117 cm³/mol. The van der Waals surface area contributed by atoms with Gasteiger partial charge in [-0.1, -0.05) is 55.0 Å². The molecule has 1 aromatic heterocycles. The third-order valence-electron chi connectivity index (χ3n) is 4.07. The van der Waals surface area contributed by atoms with Crippen LogP contribution in [0.5, 0.6) is 5.75 Å². The van der Waals surface area contributed by atoms with E-state index in [0.717, 1.165) is 36.3 Å². The number of hydrogen-bond acceptors (Lipinski definition) is 7. The molecule has 3 rings (SSSR count). The van der Waals surface area contributed by atoms with E-state index in [4.69, 9.17) is 9.47 Å². The summed E-state index contributed by atoms with van der Waals surface area (Å²) in [4.78, 5) is 17.1. The summed E-state index contributed by atoms with van der Waals surface area (Å²) in [6.07, 6.45) is 3.84. The van der Waals surface area contributed by atoms with Gasteiger partial charge in [-0.2, -0.15) is 5.10 Å². The van der Waals surface area contributed by atoms with Crippen LogP contribution in [0, 0.1) is 0 Å². The van der Waals surface area contributed by atoms with E-state index in [1.807, 2.05) is 54.6 Å². The van der Waals surface area contributed by atoms with Crippen molar-refractivity contribution in [1.82, 2.24) is 4.98 Å². The molecule has 0 aliphatic carbocycles. The number of hydrogen-bond donors (Lipinski definition) is 1. The Hall–Kier alpha value is -3.19. The number of thiazole rings is 1. The van der Waals surface area contributed by atoms with Crippen LogP contribution in [0.4, 0.5) is 5.13 Å². The van der Waals surface area contributed by atoms with Gasteiger partial charge in [0.15, 0.2) is 0 Å². The Morgan fingerprint density at radius 1 is 1.17 bits per heavy atom. The number of carbonyl (C=O) groups excluding carboxylic acids is 1. The molecule has 0 fully saturated rings. The highest BCUT2D eigenvalue weighted by Crippen LogP contribution is 2.31. The van der Waals surface area contributed by atoms with Crippen molar-refractivity contribution in [3.8, 4) is 17.0 Å². The molecular formula is C22H23N3O3S. The Bertz CT molecular complexity index is 953. The van der Waals surface area contributed by atoms with E-state index >= 15 is 0 Å². The highest BCUT2D eigenvalue weighted by molar-refractivity contribution is 7.17. The summed E-state index contributed by atoms with van der Waals surface area (Å²) < 4.78 is 10.5. The first-order valence-electron chi connectivity index (χ1n) is 9.37. The lowest BCUT2D eigenvalue weighted by Crippen LogP contribution is -2.00. The molecule has 29 heavy (non-hydrogen) atoms. The number of esters is 1. The number of methoxy groups -OCH3 is 1. The van der Waals surface area contributed by atoms with Crippen molar-refractivity contribution in [2.45, 2.75) is 19.8 Å². The van der Waals surface area contributed by atoms with Crippen LogP contribution >= 0.6 is 11.3 Å². The molecule has 0 saturated carbocycles. The quantitative estimate of drug-likeness (QED) is 0.227. The highest BCUT2D eigenvalue weighted by atomic mass is 32.1. The predicted octanol–water partition coefficient (Wildman–Crippen LogP) is 5.22. The molecule has 150 valence electrons. The van der Waals surface area contributed by atoms with Crippen LogP contribution in [0.2, 0.25) is 0 Å². The van der Waals surface area contributed by atoms with Crippen LogP contribution < -0.4 is 10.2 Å². The Labute approximate surface area is 174 Å². The average molecular weight is 410 g/mol. The Morgan fingerprint density at radius 2 is 1.93 bits per heavy atom. The summed E-state index contributed by atoms with van der Waals surface area (Å²) in [6.45, 7) is 2.86. The fourth-order valence-corrected chi connectivity index (χ4v) is 3.39. The van der Waals surface area contributed by atoms with Crippen molar-refractivity contribution in [2.75, 3.05) is 19.1 Å². The number of unbranched alkanes of at least 4 members (excludes halogenated alkanes) is 1. The number of nitrogens with zero attached hydrogens (tertiary/aromatic N) is 2. The van der Waals surface area contributed by atoms with Gasteiger partial charge in [-0.05, 0) is 36.2 Å². The van der Waals surface area contributed by atoms with Gasteiger partial charge in [-0.15, -0.1) is 0 Å². The standard InChI is InChI=1S/C22H23N3O3S/c1-3-4-14-28-18-12-10-16(11-13-18)15-23-25-22-24-19(17-8-6-5-7-9-17)20(29-22)21(26)27-2/h5-13,15H,3-4,14H2,1-2H3,(H,24,25)/b23-15-. The van der Waals surface area contributed by atoms with Crippen LogP contribution in [0.3, 0.4) is 0 Å². The molecule has 0 unspecified atom stereocenters. The van der Waals surface area contributed by atoms with Crippen LogP contribution in [0.15, 0.2) is 59.7 Å². The zero-order valence-corrected chi connectivity index (χ0v) is 17.2. The summed E-state index contributed by atoms with van der Waals surface area (Å²) in [6, 6.07) is 17.2. The van der Waals surface area contributed by atoms with Gasteiger partial charge in [0.2, 0.25) is 5.13 Å². The molecule has 3 aromatic rings. The minimum atomic E-state index is -0.419. The van der Waals surface area contributed by atoms with E-state index in [9.17, 15) is 4.79 Å². The van der Waals surface area contributed by atoms with Crippen LogP contribution in [-0.2, 0) is 4.74 Å². The maximum atomic E-state index is 12.1. The lowest BCUT2D eigenvalue weighted by Gasteiger charge is -2.04. The van der Waals surface area contributed by atoms with E-state index in [0.29, 0.717) is 15.7 Å². The van der Waals surface area contributed by atoms with Gasteiger partial charge in [-0.3, -0.25) is 5.43 Å². The monoisotopic (exact) mass is 409 g/mol. The van der Waals surface area contributed by atoms with Crippen molar-refractivity contribution in [3.05, 3.63) is 65.0 Å². The summed E-state index contributed by atoms with van der Waals surface area (Å²) in [5, 5.41) is 4.74. The Balaban J connectivity index is 1.69. The highest BCUT2D eigenvalue weighted by Gasteiger charge is 2.19. The van der Waals surface area contributed by atoms with E-state index < -0.39 is 5.97 Å². The molecule has 2 aromatic carbocycles. The summed E-state index contributed by atoms with van der Waals surface area (Å²) >= 11 is 1.21. The maximum absolute atomic E-state index is 12.1. The van der Waals surface area contributed by atoms with E-state index in [1.165, 1.54) is 18.4 Å². The first kappa shape index (κ1) is 20.5. The van der Waals surface area contributed by atoms with Gasteiger partial charge >= 0.3 is 5.97 Å². The molecule has 0 saturated heterocycles. The topological polar surface area (TPSA) is 72.8 Å². The summed E-state index contributed by atoms with van der Waals surface area (Å²) in [5.41, 5.74) is 5.25. The van der Waals surface area contributed by atoms with E-state index in [2.05, 4.69) is 22.4 Å². The largest absolute Gasteiger partial charge is 0.494 e. The van der Waals surface area contributed by atoms with Gasteiger partial charge < -0.3 is 9.47 Å². The number of rotatable bonds is 9. The average Bonchev–Trinajstić information content (AvgIpc) is 3.19. The second-order valence-electron chi connectivity index (χ2n) is 6.20. The molecular weight excluding hydrogens is 386 g/mol. The lowest BCUT2D eigenvalue weighted by molar-refractivity contribution is 0.0607. The van der Waals surface area contributed by atoms with Crippen LogP contribution in [-0.4, -0.2) is 30.9 Å². The molecule has 0 atom stereocenters. The van der Waals surface area contributed by atoms with Crippen molar-refractivity contribution in [2.24, 2.45) is 5.10 Å². The number of aromatic nitrogens is 1. The number of benzene rings is 2. The Morgan fingerprint density at radius 3 is 2.62 bits per heavy atom. The van der Waals surface area contributed by atoms with Gasteiger partial charge in [0.25, 0.3) is 0 Å². The molecule has 1 N–H and O–H groups in total. The minimum Gasteiger partial charge on any atom is -0.494 e.